The van der Waals surface area contributed by atoms with Crippen LogP contribution in [0.25, 0.3) is 0 Å². The lowest BCUT2D eigenvalue weighted by molar-refractivity contribution is -0.138. The third-order valence-electron chi connectivity index (χ3n) is 2.93. The highest BCUT2D eigenvalue weighted by molar-refractivity contribution is 5.78. The van der Waals surface area contributed by atoms with E-state index >= 15 is 0 Å². The van der Waals surface area contributed by atoms with Gasteiger partial charge in [0.1, 0.15) is 5.75 Å². The lowest BCUT2D eigenvalue weighted by Gasteiger charge is -2.19. The second-order valence-electron chi connectivity index (χ2n) is 4.66. The molecule has 0 bridgehead atoms. The van der Waals surface area contributed by atoms with Crippen LogP contribution in [-0.2, 0) is 11.3 Å². The molecule has 0 saturated heterocycles. The predicted molar refractivity (Wildman–Crippen MR) is 69.7 cm³/mol. The smallest absolute Gasteiger partial charge is 0.312 e. The Bertz CT molecular complexity index is 444. The summed E-state index contributed by atoms with van der Waals surface area (Å²) in [6, 6.07) is 3.45. The molecule has 5 heteroatoms. The van der Waals surface area contributed by atoms with Crippen LogP contribution in [0.4, 0.5) is 0 Å². The number of aryl methyl sites for hydroxylation is 1. The summed E-state index contributed by atoms with van der Waals surface area (Å²) >= 11 is 0. The fraction of sp³-hybridized carbons (Fsp3) is 0.462. The maximum absolute atomic E-state index is 11.1. The van der Waals surface area contributed by atoms with E-state index in [0.29, 0.717) is 12.1 Å². The van der Waals surface area contributed by atoms with Crippen molar-refractivity contribution in [2.75, 3.05) is 20.6 Å². The number of phenolic OH excluding ortho intramolecular Hbond substituents is 1. The third kappa shape index (κ3) is 3.00. The molecule has 1 atom stereocenters. The first-order valence-electron chi connectivity index (χ1n) is 5.77. The molecule has 0 radical (unpaired) electrons. The highest BCUT2D eigenvalue weighted by atomic mass is 16.4. The first-order valence-corrected chi connectivity index (χ1v) is 5.77. The van der Waals surface area contributed by atoms with Crippen molar-refractivity contribution in [1.82, 2.24) is 4.90 Å². The van der Waals surface area contributed by atoms with Crippen molar-refractivity contribution in [2.24, 2.45) is 5.73 Å². The number of rotatable bonds is 5. The average molecular weight is 252 g/mol. The van der Waals surface area contributed by atoms with E-state index in [4.69, 9.17) is 10.8 Å². The summed E-state index contributed by atoms with van der Waals surface area (Å²) in [4.78, 5) is 13.0. The molecule has 0 fully saturated rings. The summed E-state index contributed by atoms with van der Waals surface area (Å²) in [7, 11) is 3.78. The Labute approximate surface area is 107 Å². The Kier molecular flexibility index (Phi) is 4.69. The van der Waals surface area contributed by atoms with Crippen molar-refractivity contribution in [3.63, 3.8) is 0 Å². The monoisotopic (exact) mass is 252 g/mol. The summed E-state index contributed by atoms with van der Waals surface area (Å²) in [5.41, 5.74) is 7.53. The highest BCUT2D eigenvalue weighted by Gasteiger charge is 2.23. The Hall–Kier alpha value is -1.59. The Balaban J connectivity index is 3.26. The van der Waals surface area contributed by atoms with Gasteiger partial charge in [-0.3, -0.25) is 4.79 Å². The number of carbonyl (C=O) groups is 1. The van der Waals surface area contributed by atoms with Gasteiger partial charge in [0.2, 0.25) is 0 Å². The van der Waals surface area contributed by atoms with Gasteiger partial charge in [0.15, 0.2) is 0 Å². The largest absolute Gasteiger partial charge is 0.507 e. The van der Waals surface area contributed by atoms with Crippen LogP contribution in [0.5, 0.6) is 5.75 Å². The molecule has 0 spiro atoms. The van der Waals surface area contributed by atoms with Crippen LogP contribution in [-0.4, -0.2) is 41.7 Å². The van der Waals surface area contributed by atoms with Gasteiger partial charge in [-0.05, 0) is 26.6 Å². The van der Waals surface area contributed by atoms with Crippen molar-refractivity contribution in [1.29, 1.82) is 0 Å². The van der Waals surface area contributed by atoms with E-state index in [0.717, 1.165) is 11.1 Å². The van der Waals surface area contributed by atoms with E-state index < -0.39 is 11.9 Å². The van der Waals surface area contributed by atoms with Gasteiger partial charge in [-0.1, -0.05) is 12.1 Å². The number of nitrogens with two attached hydrogens (primary N) is 1. The van der Waals surface area contributed by atoms with Crippen molar-refractivity contribution < 1.29 is 15.0 Å². The number of nitrogens with zero attached hydrogens (tertiary/aromatic N) is 1. The standard InChI is InChI=1S/C13H20N2O3/c1-8-4-5-9(10(6-14)13(17)18)12(16)11(8)7-15(2)3/h4-5,10,16H,6-7,14H2,1-3H3,(H,17,18). The molecule has 100 valence electrons. The molecule has 0 heterocycles. The molecule has 0 amide bonds. The quantitative estimate of drug-likeness (QED) is 0.724. The van der Waals surface area contributed by atoms with Crippen LogP contribution in [0.2, 0.25) is 0 Å². The summed E-state index contributed by atoms with van der Waals surface area (Å²) in [6.07, 6.45) is 0. The van der Waals surface area contributed by atoms with E-state index in [2.05, 4.69) is 0 Å². The molecule has 4 N–H and O–H groups in total. The van der Waals surface area contributed by atoms with Crippen LogP contribution >= 0.6 is 0 Å². The second-order valence-corrected chi connectivity index (χ2v) is 4.66. The van der Waals surface area contributed by atoms with Crippen LogP contribution in [0, 0.1) is 6.92 Å². The van der Waals surface area contributed by atoms with Crippen molar-refractivity contribution in [3.05, 3.63) is 28.8 Å². The Morgan fingerprint density at radius 3 is 2.50 bits per heavy atom. The Morgan fingerprint density at radius 1 is 1.44 bits per heavy atom. The number of aromatic hydroxyl groups is 1. The number of aliphatic carboxylic acids is 1. The molecule has 0 aliphatic rings. The second kappa shape index (κ2) is 5.84. The predicted octanol–water partition coefficient (Wildman–Crippen LogP) is 0.889. The van der Waals surface area contributed by atoms with Crippen LogP contribution in [0.15, 0.2) is 12.1 Å². The summed E-state index contributed by atoms with van der Waals surface area (Å²) in [6.45, 7) is 2.41. The van der Waals surface area contributed by atoms with Crippen molar-refractivity contribution in [3.8, 4) is 5.75 Å². The van der Waals surface area contributed by atoms with E-state index in [1.807, 2.05) is 32.0 Å². The van der Waals surface area contributed by atoms with E-state index in [9.17, 15) is 9.90 Å². The minimum Gasteiger partial charge on any atom is -0.507 e. The summed E-state index contributed by atoms with van der Waals surface area (Å²) < 4.78 is 0. The number of phenols is 1. The highest BCUT2D eigenvalue weighted by Crippen LogP contribution is 2.32. The number of carboxylic acid groups (broad SMARTS) is 1. The summed E-state index contributed by atoms with van der Waals surface area (Å²) in [5, 5.41) is 19.3. The molecule has 18 heavy (non-hydrogen) atoms. The van der Waals surface area contributed by atoms with Crippen LogP contribution < -0.4 is 5.73 Å². The Morgan fingerprint density at radius 2 is 2.06 bits per heavy atom. The number of benzene rings is 1. The summed E-state index contributed by atoms with van der Waals surface area (Å²) in [5.74, 6) is -1.85. The first-order chi connectivity index (χ1) is 8.38. The zero-order chi connectivity index (χ0) is 13.9. The average Bonchev–Trinajstić information content (AvgIpc) is 2.27. The van der Waals surface area contributed by atoms with Crippen molar-refractivity contribution >= 4 is 5.97 Å². The van der Waals surface area contributed by atoms with Gasteiger partial charge in [0, 0.05) is 24.2 Å². The van der Waals surface area contributed by atoms with Gasteiger partial charge in [-0.2, -0.15) is 0 Å². The zero-order valence-corrected chi connectivity index (χ0v) is 11.0. The van der Waals surface area contributed by atoms with Crippen molar-refractivity contribution in [2.45, 2.75) is 19.4 Å². The van der Waals surface area contributed by atoms with E-state index in [-0.39, 0.29) is 12.3 Å². The molecule has 0 aromatic heterocycles. The van der Waals surface area contributed by atoms with E-state index in [1.54, 1.807) is 6.07 Å². The molecule has 0 saturated carbocycles. The first kappa shape index (κ1) is 14.5. The van der Waals surface area contributed by atoms with Gasteiger partial charge in [-0.15, -0.1) is 0 Å². The molecule has 0 aliphatic carbocycles. The van der Waals surface area contributed by atoms with Gasteiger partial charge in [0.05, 0.1) is 5.92 Å². The van der Waals surface area contributed by atoms with Gasteiger partial charge >= 0.3 is 5.97 Å². The number of hydrogen-bond acceptors (Lipinski definition) is 4. The lowest BCUT2D eigenvalue weighted by atomic mass is 9.93. The third-order valence-corrected chi connectivity index (χ3v) is 2.93. The van der Waals surface area contributed by atoms with Crippen LogP contribution in [0.1, 0.15) is 22.6 Å². The topological polar surface area (TPSA) is 86.8 Å². The van der Waals surface area contributed by atoms with Gasteiger partial charge < -0.3 is 20.8 Å². The molecular weight excluding hydrogens is 232 g/mol. The van der Waals surface area contributed by atoms with Gasteiger partial charge in [-0.25, -0.2) is 0 Å². The lowest BCUT2D eigenvalue weighted by Crippen LogP contribution is -2.22. The number of hydrogen-bond donors (Lipinski definition) is 3. The normalized spacial score (nSPS) is 12.7. The van der Waals surface area contributed by atoms with Crippen LogP contribution in [0.3, 0.4) is 0 Å². The molecule has 1 rings (SSSR count). The molecule has 0 aliphatic heterocycles. The molecule has 1 aromatic rings. The fourth-order valence-corrected chi connectivity index (χ4v) is 1.91. The molecule has 5 nitrogen and oxygen atoms in total. The van der Waals surface area contributed by atoms with E-state index in [1.165, 1.54) is 0 Å². The molecule has 1 aromatic carbocycles. The maximum atomic E-state index is 11.1. The SMILES string of the molecule is Cc1ccc(C(CN)C(=O)O)c(O)c1CN(C)C. The van der Waals surface area contributed by atoms with Gasteiger partial charge in [0.25, 0.3) is 0 Å². The molecular formula is C13H20N2O3. The number of carboxylic acids is 1. The maximum Gasteiger partial charge on any atom is 0.312 e. The fourth-order valence-electron chi connectivity index (χ4n) is 1.91. The molecule has 1 unspecified atom stereocenters. The zero-order valence-electron chi connectivity index (χ0n) is 11.0. The minimum absolute atomic E-state index is 0.0344. The minimum atomic E-state index is -1.02.